The normalized spacial score (nSPS) is 18.5. The zero-order chi connectivity index (χ0) is 8.32. The molecule has 1 amide bonds. The van der Waals surface area contributed by atoms with Crippen molar-refractivity contribution in [3.8, 4) is 6.07 Å². The van der Waals surface area contributed by atoms with E-state index < -0.39 is 0 Å². The second-order valence-corrected chi connectivity index (χ2v) is 2.87. The fourth-order valence-corrected chi connectivity index (χ4v) is 0.819. The third-order valence-electron chi connectivity index (χ3n) is 1.90. The number of nitrogens with one attached hydrogen (secondary N) is 1. The molecule has 0 aromatic heterocycles. The molecular weight excluding hydrogens is 142 g/mol. The Bertz CT molecular complexity index is 202. The van der Waals surface area contributed by atoms with Crippen LogP contribution in [0.4, 0.5) is 0 Å². The van der Waals surface area contributed by atoms with Crippen LogP contribution < -0.4 is 11.1 Å². The van der Waals surface area contributed by atoms with Crippen molar-refractivity contribution in [3.63, 3.8) is 0 Å². The molecule has 4 nitrogen and oxygen atoms in total. The summed E-state index contributed by atoms with van der Waals surface area (Å²) in [6.45, 7) is 0.459. The van der Waals surface area contributed by atoms with Crippen molar-refractivity contribution in [2.75, 3.05) is 13.1 Å². The van der Waals surface area contributed by atoms with Gasteiger partial charge in [0.2, 0.25) is 5.91 Å². The van der Waals surface area contributed by atoms with Gasteiger partial charge < -0.3 is 11.1 Å². The Morgan fingerprint density at radius 1 is 1.73 bits per heavy atom. The molecule has 60 valence electrons. The van der Waals surface area contributed by atoms with E-state index in [9.17, 15) is 4.79 Å². The van der Waals surface area contributed by atoms with Crippen molar-refractivity contribution in [1.82, 2.24) is 5.32 Å². The smallest absolute Gasteiger partial charge is 0.233 e. The van der Waals surface area contributed by atoms with Crippen LogP contribution in [0.2, 0.25) is 0 Å². The molecule has 0 aromatic rings. The maximum absolute atomic E-state index is 10.7. The summed E-state index contributed by atoms with van der Waals surface area (Å²) in [6, 6.07) is 2.18. The summed E-state index contributed by atoms with van der Waals surface area (Å²) in [5.74, 6) is -0.188. The number of nitriles is 1. The molecule has 11 heavy (non-hydrogen) atoms. The van der Waals surface area contributed by atoms with E-state index >= 15 is 0 Å². The second-order valence-electron chi connectivity index (χ2n) is 2.87. The summed E-state index contributed by atoms with van der Waals surface area (Å²) < 4.78 is 0. The van der Waals surface area contributed by atoms with Crippen LogP contribution in [-0.4, -0.2) is 19.0 Å². The molecule has 1 aliphatic rings. The van der Waals surface area contributed by atoms with Crippen LogP contribution in [0.3, 0.4) is 0 Å². The highest BCUT2D eigenvalue weighted by Gasteiger charge is 2.43. The Balaban J connectivity index is 2.23. The molecule has 0 unspecified atom stereocenters. The van der Waals surface area contributed by atoms with Gasteiger partial charge in [-0.05, 0) is 12.8 Å². The third kappa shape index (κ3) is 1.92. The lowest BCUT2D eigenvalue weighted by atomic mass is 10.1. The molecule has 0 atom stereocenters. The monoisotopic (exact) mass is 153 g/mol. The molecule has 0 saturated heterocycles. The number of hydrogen-bond donors (Lipinski definition) is 2. The SMILES string of the molecule is N#CC1(CNC(=O)CN)CC1. The minimum atomic E-state index is -0.259. The Morgan fingerprint density at radius 2 is 2.36 bits per heavy atom. The van der Waals surface area contributed by atoms with Crippen molar-refractivity contribution in [3.05, 3.63) is 0 Å². The topological polar surface area (TPSA) is 78.9 Å². The number of carbonyl (C=O) groups is 1. The first kappa shape index (κ1) is 8.02. The molecule has 0 aliphatic heterocycles. The van der Waals surface area contributed by atoms with E-state index in [1.807, 2.05) is 0 Å². The molecular formula is C7H11N3O. The zero-order valence-electron chi connectivity index (χ0n) is 6.26. The Kier molecular flexibility index (Phi) is 2.11. The Labute approximate surface area is 65.4 Å². The van der Waals surface area contributed by atoms with Gasteiger partial charge in [-0.15, -0.1) is 0 Å². The van der Waals surface area contributed by atoms with Crippen LogP contribution in [0.5, 0.6) is 0 Å². The van der Waals surface area contributed by atoms with E-state index in [2.05, 4.69) is 11.4 Å². The van der Waals surface area contributed by atoms with Gasteiger partial charge in [0.25, 0.3) is 0 Å². The molecule has 1 rings (SSSR count). The molecule has 0 bridgehead atoms. The summed E-state index contributed by atoms with van der Waals surface area (Å²) in [5, 5.41) is 11.2. The maximum atomic E-state index is 10.7. The number of nitrogens with two attached hydrogens (primary N) is 1. The van der Waals surface area contributed by atoms with Gasteiger partial charge in [-0.3, -0.25) is 4.79 Å². The Morgan fingerprint density at radius 3 is 2.73 bits per heavy atom. The molecule has 1 saturated carbocycles. The van der Waals surface area contributed by atoms with Gasteiger partial charge in [0.15, 0.2) is 0 Å². The predicted molar refractivity (Wildman–Crippen MR) is 39.3 cm³/mol. The van der Waals surface area contributed by atoms with E-state index in [1.54, 1.807) is 0 Å². The minimum Gasteiger partial charge on any atom is -0.353 e. The van der Waals surface area contributed by atoms with E-state index in [1.165, 1.54) is 0 Å². The van der Waals surface area contributed by atoms with Crippen molar-refractivity contribution in [2.24, 2.45) is 11.1 Å². The van der Waals surface area contributed by atoms with Crippen LogP contribution >= 0.6 is 0 Å². The van der Waals surface area contributed by atoms with Crippen molar-refractivity contribution in [2.45, 2.75) is 12.8 Å². The number of rotatable bonds is 3. The summed E-state index contributed by atoms with van der Waals surface area (Å²) in [5.41, 5.74) is 4.81. The van der Waals surface area contributed by atoms with Crippen molar-refractivity contribution >= 4 is 5.91 Å². The zero-order valence-corrected chi connectivity index (χ0v) is 6.26. The van der Waals surface area contributed by atoms with Crippen LogP contribution in [0.1, 0.15) is 12.8 Å². The lowest BCUT2D eigenvalue weighted by Gasteiger charge is -2.05. The van der Waals surface area contributed by atoms with E-state index in [-0.39, 0.29) is 17.9 Å². The number of carbonyl (C=O) groups excluding carboxylic acids is 1. The van der Waals surface area contributed by atoms with Crippen LogP contribution in [0.15, 0.2) is 0 Å². The lowest BCUT2D eigenvalue weighted by Crippen LogP contribution is -2.34. The molecule has 0 heterocycles. The number of hydrogen-bond acceptors (Lipinski definition) is 3. The first-order chi connectivity index (χ1) is 5.22. The lowest BCUT2D eigenvalue weighted by molar-refractivity contribution is -0.119. The highest BCUT2D eigenvalue weighted by atomic mass is 16.1. The summed E-state index contributed by atoms with van der Waals surface area (Å²) in [6.07, 6.45) is 1.79. The van der Waals surface area contributed by atoms with Gasteiger partial charge >= 0.3 is 0 Å². The van der Waals surface area contributed by atoms with E-state index in [0.717, 1.165) is 12.8 Å². The number of nitrogens with zero attached hydrogens (tertiary/aromatic N) is 1. The molecule has 1 aliphatic carbocycles. The van der Waals surface area contributed by atoms with Crippen LogP contribution in [0, 0.1) is 16.7 Å². The highest BCUT2D eigenvalue weighted by Crippen LogP contribution is 2.43. The average Bonchev–Trinajstić information content (AvgIpc) is 2.81. The summed E-state index contributed by atoms with van der Waals surface area (Å²) in [7, 11) is 0. The Hall–Kier alpha value is -1.08. The average molecular weight is 153 g/mol. The standard InChI is InChI=1S/C7H11N3O/c8-3-6(11)10-5-7(4-9)1-2-7/h1-3,5,8H2,(H,10,11). The van der Waals surface area contributed by atoms with Crippen LogP contribution in [0.25, 0.3) is 0 Å². The fourth-order valence-electron chi connectivity index (χ4n) is 0.819. The highest BCUT2D eigenvalue weighted by molar-refractivity contribution is 5.77. The van der Waals surface area contributed by atoms with E-state index in [0.29, 0.717) is 6.54 Å². The summed E-state index contributed by atoms with van der Waals surface area (Å²) in [4.78, 5) is 10.7. The van der Waals surface area contributed by atoms with E-state index in [4.69, 9.17) is 11.0 Å². The van der Waals surface area contributed by atoms with Gasteiger partial charge in [-0.1, -0.05) is 0 Å². The van der Waals surface area contributed by atoms with Gasteiger partial charge in [0, 0.05) is 6.54 Å². The van der Waals surface area contributed by atoms with Gasteiger partial charge in [-0.2, -0.15) is 5.26 Å². The minimum absolute atomic E-state index is 0.00150. The molecule has 4 heteroatoms. The molecule has 3 N–H and O–H groups in total. The van der Waals surface area contributed by atoms with Crippen molar-refractivity contribution < 1.29 is 4.79 Å². The third-order valence-corrected chi connectivity index (χ3v) is 1.90. The first-order valence-corrected chi connectivity index (χ1v) is 3.60. The molecule has 0 spiro atoms. The fraction of sp³-hybridized carbons (Fsp3) is 0.714. The second kappa shape index (κ2) is 2.89. The first-order valence-electron chi connectivity index (χ1n) is 3.60. The molecule has 0 aromatic carbocycles. The maximum Gasteiger partial charge on any atom is 0.233 e. The van der Waals surface area contributed by atoms with Crippen LogP contribution in [-0.2, 0) is 4.79 Å². The van der Waals surface area contributed by atoms with Gasteiger partial charge in [0.05, 0.1) is 18.0 Å². The summed E-state index contributed by atoms with van der Waals surface area (Å²) >= 11 is 0. The molecule has 1 fully saturated rings. The number of amides is 1. The largest absolute Gasteiger partial charge is 0.353 e. The van der Waals surface area contributed by atoms with Gasteiger partial charge in [0.1, 0.15) is 0 Å². The predicted octanol–water partition coefficient (Wildman–Crippen LogP) is -0.635. The van der Waals surface area contributed by atoms with Crippen molar-refractivity contribution in [1.29, 1.82) is 5.26 Å². The molecule has 0 radical (unpaired) electrons. The quantitative estimate of drug-likeness (QED) is 0.566. The van der Waals surface area contributed by atoms with Gasteiger partial charge in [-0.25, -0.2) is 0 Å².